The van der Waals surface area contributed by atoms with Crippen molar-refractivity contribution in [2.75, 3.05) is 11.9 Å². The molecule has 3 nitrogen and oxygen atoms in total. The molecule has 0 aliphatic rings. The highest BCUT2D eigenvalue weighted by Gasteiger charge is 2.01. The van der Waals surface area contributed by atoms with E-state index < -0.39 is 0 Å². The number of nitrogens with one attached hydrogen (secondary N) is 1. The van der Waals surface area contributed by atoms with Crippen molar-refractivity contribution in [1.29, 1.82) is 0 Å². The summed E-state index contributed by atoms with van der Waals surface area (Å²) in [4.78, 5) is 11.8. The zero-order valence-electron chi connectivity index (χ0n) is 11.7. The van der Waals surface area contributed by atoms with E-state index in [4.69, 9.17) is 4.74 Å². The molecule has 0 radical (unpaired) electrons. The number of halogens is 1. The van der Waals surface area contributed by atoms with Gasteiger partial charge in [0.15, 0.2) is 0 Å². The van der Waals surface area contributed by atoms with Gasteiger partial charge in [0.05, 0.1) is 6.61 Å². The van der Waals surface area contributed by atoms with Crippen LogP contribution >= 0.6 is 0 Å². The minimum atomic E-state index is -0.339. The summed E-state index contributed by atoms with van der Waals surface area (Å²) >= 11 is 0. The molecule has 0 aliphatic carbocycles. The molecule has 0 aromatic heterocycles. The molecule has 0 heterocycles. The smallest absolute Gasteiger partial charge is 0.248 e. The standard InChI is InChI=1S/C17H16FNO2/c1-2-21-16-6-4-3-5-13(16)7-12-17(20)19-15-10-8-14(18)9-11-15/h3-12H,2H2,1H3,(H,19,20)/b12-7+. The second-order valence-electron chi connectivity index (χ2n) is 4.30. The van der Waals surface area contributed by atoms with Gasteiger partial charge in [-0.05, 0) is 43.3 Å². The van der Waals surface area contributed by atoms with E-state index in [9.17, 15) is 9.18 Å². The predicted molar refractivity (Wildman–Crippen MR) is 81.7 cm³/mol. The second kappa shape index (κ2) is 7.24. The fourth-order valence-electron chi connectivity index (χ4n) is 1.79. The number of hydrogen-bond acceptors (Lipinski definition) is 2. The Labute approximate surface area is 123 Å². The van der Waals surface area contributed by atoms with Crippen LogP contribution in [0.2, 0.25) is 0 Å². The monoisotopic (exact) mass is 285 g/mol. The SMILES string of the molecule is CCOc1ccccc1/C=C/C(=O)Nc1ccc(F)cc1. The van der Waals surface area contributed by atoms with Crippen LogP contribution in [0.4, 0.5) is 10.1 Å². The quantitative estimate of drug-likeness (QED) is 0.847. The molecule has 0 saturated carbocycles. The molecule has 0 aliphatic heterocycles. The van der Waals surface area contributed by atoms with Crippen molar-refractivity contribution in [1.82, 2.24) is 0 Å². The second-order valence-corrected chi connectivity index (χ2v) is 4.30. The molecule has 0 spiro atoms. The molecule has 108 valence electrons. The third-order valence-electron chi connectivity index (χ3n) is 2.74. The molecule has 1 amide bonds. The van der Waals surface area contributed by atoms with E-state index in [1.807, 2.05) is 31.2 Å². The lowest BCUT2D eigenvalue weighted by Gasteiger charge is -2.06. The zero-order chi connectivity index (χ0) is 15.1. The summed E-state index contributed by atoms with van der Waals surface area (Å²) < 4.78 is 18.2. The van der Waals surface area contributed by atoms with Crippen LogP contribution in [-0.2, 0) is 4.79 Å². The molecule has 0 atom stereocenters. The maximum atomic E-state index is 12.8. The third-order valence-corrected chi connectivity index (χ3v) is 2.74. The normalized spacial score (nSPS) is 10.6. The summed E-state index contributed by atoms with van der Waals surface area (Å²) in [6, 6.07) is 13.1. The first kappa shape index (κ1) is 14.8. The van der Waals surface area contributed by atoms with Gasteiger partial charge in [-0.2, -0.15) is 0 Å². The lowest BCUT2D eigenvalue weighted by molar-refractivity contribution is -0.111. The first-order valence-electron chi connectivity index (χ1n) is 6.65. The zero-order valence-corrected chi connectivity index (χ0v) is 11.7. The van der Waals surface area contributed by atoms with Crippen molar-refractivity contribution >= 4 is 17.7 Å². The highest BCUT2D eigenvalue weighted by Crippen LogP contribution is 2.19. The summed E-state index contributed by atoms with van der Waals surface area (Å²) in [7, 11) is 0. The van der Waals surface area contributed by atoms with E-state index in [1.165, 1.54) is 30.3 Å². The Hall–Kier alpha value is -2.62. The number of hydrogen-bond donors (Lipinski definition) is 1. The van der Waals surface area contributed by atoms with Crippen LogP contribution in [0.1, 0.15) is 12.5 Å². The Balaban J connectivity index is 2.03. The lowest BCUT2D eigenvalue weighted by atomic mass is 10.2. The van der Waals surface area contributed by atoms with Crippen LogP contribution in [0.25, 0.3) is 6.08 Å². The highest BCUT2D eigenvalue weighted by atomic mass is 19.1. The fourth-order valence-corrected chi connectivity index (χ4v) is 1.79. The number of anilines is 1. The Morgan fingerprint density at radius 3 is 2.62 bits per heavy atom. The maximum Gasteiger partial charge on any atom is 0.248 e. The topological polar surface area (TPSA) is 38.3 Å². The number of carbonyl (C=O) groups is 1. The molecule has 1 N–H and O–H groups in total. The first-order chi connectivity index (χ1) is 10.2. The molecular formula is C17H16FNO2. The van der Waals surface area contributed by atoms with Crippen molar-refractivity contribution in [3.63, 3.8) is 0 Å². The van der Waals surface area contributed by atoms with E-state index in [-0.39, 0.29) is 11.7 Å². The molecule has 0 fully saturated rings. The van der Waals surface area contributed by atoms with Gasteiger partial charge in [-0.15, -0.1) is 0 Å². The number of benzene rings is 2. The largest absolute Gasteiger partial charge is 0.493 e. The average molecular weight is 285 g/mol. The minimum absolute atomic E-state index is 0.284. The molecule has 0 bridgehead atoms. The molecule has 2 aromatic rings. The number of para-hydroxylation sites is 1. The molecule has 21 heavy (non-hydrogen) atoms. The molecule has 4 heteroatoms. The van der Waals surface area contributed by atoms with Crippen molar-refractivity contribution in [2.45, 2.75) is 6.92 Å². The van der Waals surface area contributed by atoms with Gasteiger partial charge in [-0.1, -0.05) is 18.2 Å². The van der Waals surface area contributed by atoms with Gasteiger partial charge < -0.3 is 10.1 Å². The molecule has 0 saturated heterocycles. The van der Waals surface area contributed by atoms with Crippen LogP contribution < -0.4 is 10.1 Å². The number of amides is 1. The minimum Gasteiger partial charge on any atom is -0.493 e. The summed E-state index contributed by atoms with van der Waals surface area (Å²) in [5.41, 5.74) is 1.37. The van der Waals surface area contributed by atoms with Crippen LogP contribution in [-0.4, -0.2) is 12.5 Å². The van der Waals surface area contributed by atoms with E-state index in [0.29, 0.717) is 12.3 Å². The summed E-state index contributed by atoms with van der Waals surface area (Å²) in [6.45, 7) is 2.47. The summed E-state index contributed by atoms with van der Waals surface area (Å²) in [5.74, 6) is 0.105. The van der Waals surface area contributed by atoms with Crippen molar-refractivity contribution in [3.05, 3.63) is 66.0 Å². The van der Waals surface area contributed by atoms with Gasteiger partial charge in [0.25, 0.3) is 0 Å². The number of ether oxygens (including phenoxy) is 1. The van der Waals surface area contributed by atoms with Gasteiger partial charge in [-0.25, -0.2) is 4.39 Å². The van der Waals surface area contributed by atoms with Gasteiger partial charge in [-0.3, -0.25) is 4.79 Å². The number of carbonyl (C=O) groups excluding carboxylic acids is 1. The van der Waals surface area contributed by atoms with Crippen LogP contribution in [0, 0.1) is 5.82 Å². The van der Waals surface area contributed by atoms with Gasteiger partial charge in [0.1, 0.15) is 11.6 Å². The molecule has 2 aromatic carbocycles. The fraction of sp³-hybridized carbons (Fsp3) is 0.118. The van der Waals surface area contributed by atoms with Gasteiger partial charge in [0.2, 0.25) is 5.91 Å². The van der Waals surface area contributed by atoms with E-state index in [1.54, 1.807) is 6.08 Å². The van der Waals surface area contributed by atoms with Crippen LogP contribution in [0.5, 0.6) is 5.75 Å². The van der Waals surface area contributed by atoms with Gasteiger partial charge in [0, 0.05) is 17.3 Å². The summed E-state index contributed by atoms with van der Waals surface area (Å²) in [5, 5.41) is 2.66. The molecule has 2 rings (SSSR count). The van der Waals surface area contributed by atoms with Crippen molar-refractivity contribution in [3.8, 4) is 5.75 Å². The van der Waals surface area contributed by atoms with Crippen molar-refractivity contribution < 1.29 is 13.9 Å². The van der Waals surface area contributed by atoms with Crippen LogP contribution in [0.15, 0.2) is 54.6 Å². The Bertz CT molecular complexity index is 635. The van der Waals surface area contributed by atoms with Gasteiger partial charge >= 0.3 is 0 Å². The maximum absolute atomic E-state index is 12.8. The summed E-state index contributed by atoms with van der Waals surface area (Å²) in [6.07, 6.45) is 3.10. The Morgan fingerprint density at radius 1 is 1.19 bits per heavy atom. The molecular weight excluding hydrogens is 269 g/mol. The first-order valence-corrected chi connectivity index (χ1v) is 6.65. The highest BCUT2D eigenvalue weighted by molar-refractivity contribution is 6.02. The number of rotatable bonds is 5. The van der Waals surface area contributed by atoms with Crippen molar-refractivity contribution in [2.24, 2.45) is 0 Å². The van der Waals surface area contributed by atoms with E-state index in [0.717, 1.165) is 11.3 Å². The Kier molecular flexibility index (Phi) is 5.10. The van der Waals surface area contributed by atoms with E-state index >= 15 is 0 Å². The average Bonchev–Trinajstić information content (AvgIpc) is 2.49. The third kappa shape index (κ3) is 4.45. The van der Waals surface area contributed by atoms with Crippen LogP contribution in [0.3, 0.4) is 0 Å². The molecule has 0 unspecified atom stereocenters. The predicted octanol–water partition coefficient (Wildman–Crippen LogP) is 3.88. The Morgan fingerprint density at radius 2 is 1.90 bits per heavy atom. The van der Waals surface area contributed by atoms with E-state index in [2.05, 4.69) is 5.32 Å². The lowest BCUT2D eigenvalue weighted by Crippen LogP contribution is -2.07.